The minimum Gasteiger partial charge on any atom is -0.469 e. The number of carbonyl (C=O) groups is 2. The number of methoxy groups -OCH3 is 1. The number of hydrogen-bond donors (Lipinski definition) is 1. The van der Waals surface area contributed by atoms with E-state index in [1.54, 1.807) is 24.3 Å². The lowest BCUT2D eigenvalue weighted by atomic mass is 10.2. The Bertz CT molecular complexity index is 444. The van der Waals surface area contributed by atoms with Gasteiger partial charge in [-0.05, 0) is 30.7 Å². The standard InChI is InChI=1S/C12H12ClNO3/c1-17-12(16)10-6-9(10)11(15)14-8-4-2-7(13)3-5-8/h2-5,9-10H,6H2,1H3,(H,14,15). The van der Waals surface area contributed by atoms with Crippen LogP contribution < -0.4 is 5.32 Å². The zero-order valence-corrected chi connectivity index (χ0v) is 10.0. The van der Waals surface area contributed by atoms with Gasteiger partial charge < -0.3 is 10.1 Å². The second-order valence-electron chi connectivity index (χ2n) is 3.97. The lowest BCUT2D eigenvalue weighted by Crippen LogP contribution is -2.17. The molecule has 1 saturated carbocycles. The van der Waals surface area contributed by atoms with Crippen LogP contribution in [0.5, 0.6) is 0 Å². The first-order valence-electron chi connectivity index (χ1n) is 5.26. The van der Waals surface area contributed by atoms with Gasteiger partial charge in [0.05, 0.1) is 18.9 Å². The molecule has 1 N–H and O–H groups in total. The lowest BCUT2D eigenvalue weighted by Gasteiger charge is -2.04. The van der Waals surface area contributed by atoms with Crippen LogP contribution in [-0.2, 0) is 14.3 Å². The van der Waals surface area contributed by atoms with Gasteiger partial charge in [0.1, 0.15) is 0 Å². The second kappa shape index (κ2) is 4.75. The molecule has 2 unspecified atom stereocenters. The number of halogens is 1. The Labute approximate surface area is 104 Å². The molecule has 4 nitrogen and oxygen atoms in total. The van der Waals surface area contributed by atoms with E-state index < -0.39 is 0 Å². The summed E-state index contributed by atoms with van der Waals surface area (Å²) in [7, 11) is 1.33. The maximum absolute atomic E-state index is 11.7. The molecule has 1 aromatic carbocycles. The van der Waals surface area contributed by atoms with Crippen molar-refractivity contribution >= 4 is 29.2 Å². The maximum Gasteiger partial charge on any atom is 0.309 e. The van der Waals surface area contributed by atoms with Crippen LogP contribution >= 0.6 is 11.6 Å². The topological polar surface area (TPSA) is 55.4 Å². The molecule has 1 amide bonds. The fourth-order valence-electron chi connectivity index (χ4n) is 1.66. The molecule has 90 valence electrons. The third kappa shape index (κ3) is 2.77. The van der Waals surface area contributed by atoms with E-state index in [2.05, 4.69) is 10.1 Å². The number of ether oxygens (including phenoxy) is 1. The monoisotopic (exact) mass is 253 g/mol. The van der Waals surface area contributed by atoms with Gasteiger partial charge in [-0.15, -0.1) is 0 Å². The molecule has 1 fully saturated rings. The summed E-state index contributed by atoms with van der Waals surface area (Å²) in [5.41, 5.74) is 0.676. The van der Waals surface area contributed by atoms with Crippen molar-refractivity contribution in [2.24, 2.45) is 11.8 Å². The summed E-state index contributed by atoms with van der Waals surface area (Å²) in [6.45, 7) is 0. The van der Waals surface area contributed by atoms with Crippen molar-refractivity contribution in [3.63, 3.8) is 0 Å². The minimum atomic E-state index is -0.318. The van der Waals surface area contributed by atoms with Crippen LogP contribution in [0.15, 0.2) is 24.3 Å². The summed E-state index contributed by atoms with van der Waals surface area (Å²) < 4.78 is 4.58. The van der Waals surface area contributed by atoms with E-state index in [4.69, 9.17) is 11.6 Å². The number of esters is 1. The highest BCUT2D eigenvalue weighted by Crippen LogP contribution is 2.40. The second-order valence-corrected chi connectivity index (χ2v) is 4.40. The molecule has 0 radical (unpaired) electrons. The summed E-state index contributed by atoms with van der Waals surface area (Å²) in [6, 6.07) is 6.83. The molecule has 0 bridgehead atoms. The van der Waals surface area contributed by atoms with Crippen molar-refractivity contribution in [3.8, 4) is 0 Å². The number of hydrogen-bond acceptors (Lipinski definition) is 3. The van der Waals surface area contributed by atoms with Crippen LogP contribution in [0.2, 0.25) is 5.02 Å². The summed E-state index contributed by atoms with van der Waals surface area (Å²) in [4.78, 5) is 22.9. The Balaban J connectivity index is 1.91. The molecule has 5 heteroatoms. The van der Waals surface area contributed by atoms with Crippen molar-refractivity contribution in [1.82, 2.24) is 0 Å². The predicted molar refractivity (Wildman–Crippen MR) is 63.7 cm³/mol. The van der Waals surface area contributed by atoms with Crippen molar-refractivity contribution in [2.75, 3.05) is 12.4 Å². The zero-order valence-electron chi connectivity index (χ0n) is 9.27. The lowest BCUT2D eigenvalue weighted by molar-refractivity contribution is -0.143. The molecular formula is C12H12ClNO3. The van der Waals surface area contributed by atoms with Crippen molar-refractivity contribution in [2.45, 2.75) is 6.42 Å². The van der Waals surface area contributed by atoms with Gasteiger partial charge in [0.2, 0.25) is 5.91 Å². The minimum absolute atomic E-state index is 0.150. The van der Waals surface area contributed by atoms with Crippen LogP contribution in [0.25, 0.3) is 0 Å². The van der Waals surface area contributed by atoms with E-state index in [0.717, 1.165) is 0 Å². The summed E-state index contributed by atoms with van der Waals surface area (Å²) in [6.07, 6.45) is 0.562. The van der Waals surface area contributed by atoms with Gasteiger partial charge in [-0.1, -0.05) is 11.6 Å². The molecular weight excluding hydrogens is 242 g/mol. The fraction of sp³-hybridized carbons (Fsp3) is 0.333. The maximum atomic E-state index is 11.7. The highest BCUT2D eigenvalue weighted by atomic mass is 35.5. The Kier molecular flexibility index (Phi) is 3.33. The van der Waals surface area contributed by atoms with Crippen molar-refractivity contribution in [3.05, 3.63) is 29.3 Å². The largest absolute Gasteiger partial charge is 0.469 e. The molecule has 0 aliphatic heterocycles. The third-order valence-electron chi connectivity index (χ3n) is 2.74. The van der Waals surface area contributed by atoms with Gasteiger partial charge in [-0.3, -0.25) is 9.59 Å². The molecule has 2 atom stereocenters. The molecule has 17 heavy (non-hydrogen) atoms. The average molecular weight is 254 g/mol. The summed E-state index contributed by atoms with van der Waals surface area (Å²) in [5.74, 6) is -1.02. The first kappa shape index (κ1) is 11.9. The van der Waals surface area contributed by atoms with Crippen LogP contribution in [-0.4, -0.2) is 19.0 Å². The zero-order chi connectivity index (χ0) is 12.4. The van der Waals surface area contributed by atoms with E-state index in [0.29, 0.717) is 17.1 Å². The highest BCUT2D eigenvalue weighted by molar-refractivity contribution is 6.30. The average Bonchev–Trinajstić information content (AvgIpc) is 3.11. The highest BCUT2D eigenvalue weighted by Gasteiger charge is 2.48. The van der Waals surface area contributed by atoms with E-state index >= 15 is 0 Å². The smallest absolute Gasteiger partial charge is 0.309 e. The van der Waals surface area contributed by atoms with Gasteiger partial charge in [0.15, 0.2) is 0 Å². The van der Waals surface area contributed by atoms with Gasteiger partial charge in [-0.2, -0.15) is 0 Å². The molecule has 0 spiro atoms. The normalized spacial score (nSPS) is 21.8. The van der Waals surface area contributed by atoms with Gasteiger partial charge in [0.25, 0.3) is 0 Å². The van der Waals surface area contributed by atoms with Crippen LogP contribution in [0.1, 0.15) is 6.42 Å². The summed E-state index contributed by atoms with van der Waals surface area (Å²) >= 11 is 5.73. The molecule has 1 aliphatic carbocycles. The molecule has 1 aliphatic rings. The molecule has 0 saturated heterocycles. The Morgan fingerprint density at radius 3 is 2.53 bits per heavy atom. The first-order valence-corrected chi connectivity index (χ1v) is 5.64. The van der Waals surface area contributed by atoms with Crippen LogP contribution in [0.3, 0.4) is 0 Å². The molecule has 2 rings (SSSR count). The van der Waals surface area contributed by atoms with Crippen LogP contribution in [0.4, 0.5) is 5.69 Å². The number of anilines is 1. The van der Waals surface area contributed by atoms with Gasteiger partial charge in [0, 0.05) is 10.7 Å². The third-order valence-corrected chi connectivity index (χ3v) is 2.99. The number of benzene rings is 1. The van der Waals surface area contributed by atoms with E-state index in [9.17, 15) is 9.59 Å². The SMILES string of the molecule is COC(=O)C1CC1C(=O)Nc1ccc(Cl)cc1. The first-order chi connectivity index (χ1) is 8.11. The van der Waals surface area contributed by atoms with E-state index in [-0.39, 0.29) is 23.7 Å². The van der Waals surface area contributed by atoms with E-state index in [1.807, 2.05) is 0 Å². The molecule has 0 aromatic heterocycles. The van der Waals surface area contributed by atoms with Gasteiger partial charge >= 0.3 is 5.97 Å². The number of nitrogens with one attached hydrogen (secondary N) is 1. The van der Waals surface area contributed by atoms with Gasteiger partial charge in [-0.25, -0.2) is 0 Å². The number of rotatable bonds is 3. The number of carbonyl (C=O) groups excluding carboxylic acids is 2. The van der Waals surface area contributed by atoms with Crippen molar-refractivity contribution < 1.29 is 14.3 Å². The molecule has 0 heterocycles. The fourth-order valence-corrected chi connectivity index (χ4v) is 1.79. The number of amides is 1. The van der Waals surface area contributed by atoms with Crippen molar-refractivity contribution in [1.29, 1.82) is 0 Å². The Morgan fingerprint density at radius 2 is 1.94 bits per heavy atom. The summed E-state index contributed by atoms with van der Waals surface area (Å²) in [5, 5.41) is 3.35. The Hall–Kier alpha value is -1.55. The quantitative estimate of drug-likeness (QED) is 0.840. The molecule has 1 aromatic rings. The Morgan fingerprint density at radius 1 is 1.29 bits per heavy atom. The van der Waals surface area contributed by atoms with E-state index in [1.165, 1.54) is 7.11 Å². The van der Waals surface area contributed by atoms with Crippen LogP contribution in [0, 0.1) is 11.8 Å². The predicted octanol–water partition coefficient (Wildman–Crippen LogP) is 2.09.